The van der Waals surface area contributed by atoms with Crippen LogP contribution in [0.25, 0.3) is 0 Å². The van der Waals surface area contributed by atoms with Gasteiger partial charge in [0.1, 0.15) is 0 Å². The maximum absolute atomic E-state index is 6.35. The average Bonchev–Trinajstić information content (AvgIpc) is 3.00. The van der Waals surface area contributed by atoms with Gasteiger partial charge in [-0.25, -0.2) is 0 Å². The largest absolute Gasteiger partial charge is 0.314 e. The fraction of sp³-hybridized carbons (Fsp3) is 0.625. The van der Waals surface area contributed by atoms with E-state index in [0.29, 0.717) is 12.1 Å². The average molecular weight is 328 g/mol. The van der Waals surface area contributed by atoms with E-state index in [9.17, 15) is 0 Å². The number of piperazine rings is 1. The van der Waals surface area contributed by atoms with Gasteiger partial charge in [-0.3, -0.25) is 9.80 Å². The second-order valence-corrected chi connectivity index (χ2v) is 6.91. The number of hydrogen-bond acceptors (Lipinski definition) is 3. The third-order valence-corrected chi connectivity index (χ3v) is 5.40. The zero-order chi connectivity index (χ0) is 14.8. The molecule has 116 valence electrons. The van der Waals surface area contributed by atoms with Crippen molar-refractivity contribution in [1.82, 2.24) is 15.1 Å². The fourth-order valence-corrected chi connectivity index (χ4v) is 3.95. The van der Waals surface area contributed by atoms with E-state index in [0.717, 1.165) is 41.8 Å². The Balaban J connectivity index is 1.66. The molecule has 2 atom stereocenters. The molecule has 0 bridgehead atoms. The van der Waals surface area contributed by atoms with Crippen LogP contribution in [0, 0.1) is 0 Å². The SMILES string of the molecule is CC(c1cc(Cl)ccc1Cl)N1CCC(N2CCNCC2)C1. The van der Waals surface area contributed by atoms with Gasteiger partial charge in [0.15, 0.2) is 0 Å². The summed E-state index contributed by atoms with van der Waals surface area (Å²) >= 11 is 12.5. The van der Waals surface area contributed by atoms with E-state index in [1.165, 1.54) is 19.5 Å². The molecule has 0 saturated carbocycles. The predicted octanol–water partition coefficient (Wildman–Crippen LogP) is 3.03. The molecule has 3 nitrogen and oxygen atoms in total. The van der Waals surface area contributed by atoms with Gasteiger partial charge in [-0.05, 0) is 37.1 Å². The first-order valence-electron chi connectivity index (χ1n) is 7.79. The molecule has 0 amide bonds. The molecule has 0 spiro atoms. The molecule has 0 aromatic heterocycles. The number of nitrogens with zero attached hydrogens (tertiary/aromatic N) is 2. The Morgan fingerprint density at radius 2 is 1.95 bits per heavy atom. The Kier molecular flexibility index (Phi) is 5.07. The number of rotatable bonds is 3. The van der Waals surface area contributed by atoms with Crippen molar-refractivity contribution in [2.75, 3.05) is 39.3 Å². The van der Waals surface area contributed by atoms with E-state index in [4.69, 9.17) is 23.2 Å². The third kappa shape index (κ3) is 3.54. The number of nitrogens with one attached hydrogen (secondary N) is 1. The molecular weight excluding hydrogens is 305 g/mol. The molecule has 0 radical (unpaired) electrons. The molecule has 3 rings (SSSR count). The zero-order valence-corrected chi connectivity index (χ0v) is 14.0. The van der Waals surface area contributed by atoms with Gasteiger partial charge in [0.05, 0.1) is 0 Å². The number of halogens is 2. The Labute approximate surface area is 137 Å². The summed E-state index contributed by atoms with van der Waals surface area (Å²) in [7, 11) is 0. The summed E-state index contributed by atoms with van der Waals surface area (Å²) < 4.78 is 0. The van der Waals surface area contributed by atoms with Gasteiger partial charge in [0.25, 0.3) is 0 Å². The minimum Gasteiger partial charge on any atom is -0.314 e. The molecule has 1 aromatic rings. The highest BCUT2D eigenvalue weighted by molar-refractivity contribution is 6.33. The van der Waals surface area contributed by atoms with Crippen LogP contribution in [-0.4, -0.2) is 55.1 Å². The summed E-state index contributed by atoms with van der Waals surface area (Å²) in [5.41, 5.74) is 1.14. The molecule has 1 N–H and O–H groups in total. The van der Waals surface area contributed by atoms with Crippen molar-refractivity contribution in [2.24, 2.45) is 0 Å². The van der Waals surface area contributed by atoms with Gasteiger partial charge in [-0.2, -0.15) is 0 Å². The summed E-state index contributed by atoms with van der Waals surface area (Å²) in [6.45, 7) is 9.08. The van der Waals surface area contributed by atoms with Crippen LogP contribution in [0.2, 0.25) is 10.0 Å². The Hall–Kier alpha value is -0.320. The van der Waals surface area contributed by atoms with E-state index in [2.05, 4.69) is 22.0 Å². The van der Waals surface area contributed by atoms with Crippen molar-refractivity contribution in [1.29, 1.82) is 0 Å². The van der Waals surface area contributed by atoms with Gasteiger partial charge in [0.2, 0.25) is 0 Å². The van der Waals surface area contributed by atoms with Crippen LogP contribution < -0.4 is 5.32 Å². The lowest BCUT2D eigenvalue weighted by Gasteiger charge is -2.33. The highest BCUT2D eigenvalue weighted by Gasteiger charge is 2.31. The summed E-state index contributed by atoms with van der Waals surface area (Å²) in [5, 5.41) is 5.00. The molecular formula is C16H23Cl2N3. The van der Waals surface area contributed by atoms with Crippen LogP contribution in [0.5, 0.6) is 0 Å². The Morgan fingerprint density at radius 3 is 2.71 bits per heavy atom. The van der Waals surface area contributed by atoms with Gasteiger partial charge < -0.3 is 5.32 Å². The van der Waals surface area contributed by atoms with Gasteiger partial charge in [-0.15, -0.1) is 0 Å². The monoisotopic (exact) mass is 327 g/mol. The number of benzene rings is 1. The molecule has 2 aliphatic rings. The highest BCUT2D eigenvalue weighted by Crippen LogP contribution is 2.32. The van der Waals surface area contributed by atoms with Crippen molar-refractivity contribution in [3.63, 3.8) is 0 Å². The number of hydrogen-bond donors (Lipinski definition) is 1. The van der Waals surface area contributed by atoms with Gasteiger partial charge in [-0.1, -0.05) is 23.2 Å². The van der Waals surface area contributed by atoms with Crippen LogP contribution in [0.4, 0.5) is 0 Å². The summed E-state index contributed by atoms with van der Waals surface area (Å²) in [6, 6.07) is 6.77. The predicted molar refractivity (Wildman–Crippen MR) is 89.3 cm³/mol. The molecule has 21 heavy (non-hydrogen) atoms. The van der Waals surface area contributed by atoms with Gasteiger partial charge >= 0.3 is 0 Å². The summed E-state index contributed by atoms with van der Waals surface area (Å²) in [6.07, 6.45) is 1.25. The third-order valence-electron chi connectivity index (χ3n) is 4.82. The Bertz CT molecular complexity index is 488. The molecule has 0 aliphatic carbocycles. The molecule has 2 aliphatic heterocycles. The molecule has 2 heterocycles. The maximum Gasteiger partial charge on any atom is 0.0454 e. The van der Waals surface area contributed by atoms with Crippen molar-refractivity contribution in [3.8, 4) is 0 Å². The minimum absolute atomic E-state index is 0.323. The first kappa shape index (κ1) is 15.6. The molecule has 1 aromatic carbocycles. The smallest absolute Gasteiger partial charge is 0.0454 e. The van der Waals surface area contributed by atoms with E-state index >= 15 is 0 Å². The standard InChI is InChI=1S/C16H23Cl2N3/c1-12(15-10-13(17)2-3-16(15)18)21-7-4-14(11-21)20-8-5-19-6-9-20/h2-3,10,12,14,19H,4-9,11H2,1H3. The number of likely N-dealkylation sites (tertiary alicyclic amines) is 1. The van der Waals surface area contributed by atoms with Crippen LogP contribution in [0.1, 0.15) is 24.9 Å². The van der Waals surface area contributed by atoms with E-state index in [1.807, 2.05) is 18.2 Å². The lowest BCUT2D eigenvalue weighted by molar-refractivity contribution is 0.162. The van der Waals surface area contributed by atoms with Crippen LogP contribution in [0.15, 0.2) is 18.2 Å². The normalized spacial score (nSPS) is 26.1. The van der Waals surface area contributed by atoms with Crippen LogP contribution >= 0.6 is 23.2 Å². The quantitative estimate of drug-likeness (QED) is 0.920. The first-order chi connectivity index (χ1) is 10.1. The highest BCUT2D eigenvalue weighted by atomic mass is 35.5. The molecule has 2 fully saturated rings. The van der Waals surface area contributed by atoms with Crippen molar-refractivity contribution in [3.05, 3.63) is 33.8 Å². The lowest BCUT2D eigenvalue weighted by Crippen LogP contribution is -2.49. The maximum atomic E-state index is 6.35. The van der Waals surface area contributed by atoms with Crippen molar-refractivity contribution < 1.29 is 0 Å². The van der Waals surface area contributed by atoms with Crippen molar-refractivity contribution in [2.45, 2.75) is 25.4 Å². The Morgan fingerprint density at radius 1 is 1.19 bits per heavy atom. The summed E-state index contributed by atoms with van der Waals surface area (Å²) in [5.74, 6) is 0. The molecule has 2 unspecified atom stereocenters. The summed E-state index contributed by atoms with van der Waals surface area (Å²) in [4.78, 5) is 5.16. The van der Waals surface area contributed by atoms with Crippen molar-refractivity contribution >= 4 is 23.2 Å². The second kappa shape index (κ2) is 6.84. The van der Waals surface area contributed by atoms with Gasteiger partial charge in [0, 0.05) is 61.4 Å². The fourth-order valence-electron chi connectivity index (χ4n) is 3.50. The van der Waals surface area contributed by atoms with E-state index in [1.54, 1.807) is 0 Å². The van der Waals surface area contributed by atoms with Crippen LogP contribution in [0.3, 0.4) is 0 Å². The zero-order valence-electron chi connectivity index (χ0n) is 12.5. The van der Waals surface area contributed by atoms with E-state index < -0.39 is 0 Å². The topological polar surface area (TPSA) is 18.5 Å². The molecule has 5 heteroatoms. The van der Waals surface area contributed by atoms with E-state index in [-0.39, 0.29) is 0 Å². The van der Waals surface area contributed by atoms with Crippen LogP contribution in [-0.2, 0) is 0 Å². The first-order valence-corrected chi connectivity index (χ1v) is 8.54. The molecule has 2 saturated heterocycles. The lowest BCUT2D eigenvalue weighted by atomic mass is 10.1. The minimum atomic E-state index is 0.323. The second-order valence-electron chi connectivity index (χ2n) is 6.07.